The number of piperidine rings is 1. The number of pyridine rings is 1. The van der Waals surface area contributed by atoms with Crippen LogP contribution in [0.25, 0.3) is 0 Å². The maximum absolute atomic E-state index is 12.5. The van der Waals surface area contributed by atoms with Crippen molar-refractivity contribution in [2.24, 2.45) is 11.8 Å². The molecule has 0 bridgehead atoms. The zero-order chi connectivity index (χ0) is 17.2. The van der Waals surface area contributed by atoms with Gasteiger partial charge in [0.2, 0.25) is 0 Å². The van der Waals surface area contributed by atoms with E-state index in [1.165, 1.54) is 24.4 Å². The van der Waals surface area contributed by atoms with Crippen molar-refractivity contribution in [3.63, 3.8) is 0 Å². The fraction of sp³-hybridized carbons (Fsp3) is 0.550. The summed E-state index contributed by atoms with van der Waals surface area (Å²) in [4.78, 5) is 23.2. The Morgan fingerprint density at radius 1 is 1.16 bits per heavy atom. The lowest BCUT2D eigenvalue weighted by Gasteiger charge is -2.32. The summed E-state index contributed by atoms with van der Waals surface area (Å²) in [5, 5.41) is 0. The smallest absolute Gasteiger partial charge is 0.255 e. The number of rotatable bonds is 5. The van der Waals surface area contributed by atoms with Crippen molar-refractivity contribution in [1.29, 1.82) is 0 Å². The highest BCUT2D eigenvalue weighted by atomic mass is 16.2. The van der Waals surface area contributed by atoms with Crippen LogP contribution in [0.5, 0.6) is 0 Å². The van der Waals surface area contributed by atoms with Crippen molar-refractivity contribution in [3.05, 3.63) is 47.8 Å². The van der Waals surface area contributed by atoms with Crippen molar-refractivity contribution < 1.29 is 4.79 Å². The highest BCUT2D eigenvalue weighted by molar-refractivity contribution is 5.93. The van der Waals surface area contributed by atoms with Gasteiger partial charge in [-0.15, -0.1) is 0 Å². The summed E-state index contributed by atoms with van der Waals surface area (Å²) in [6.07, 6.45) is 11.3. The molecule has 0 spiro atoms. The Morgan fingerprint density at radius 2 is 1.96 bits per heavy atom. The van der Waals surface area contributed by atoms with E-state index in [9.17, 15) is 4.79 Å². The van der Waals surface area contributed by atoms with Gasteiger partial charge in [-0.3, -0.25) is 9.78 Å². The molecule has 5 heteroatoms. The van der Waals surface area contributed by atoms with Gasteiger partial charge in [0.1, 0.15) is 5.82 Å². The Bertz CT molecular complexity index is 727. The number of imidazole rings is 1. The molecular formula is C20H26N4O. The van der Waals surface area contributed by atoms with Crippen molar-refractivity contribution in [2.45, 2.75) is 45.6 Å². The molecule has 0 aromatic carbocycles. The van der Waals surface area contributed by atoms with Gasteiger partial charge < -0.3 is 9.47 Å². The van der Waals surface area contributed by atoms with Crippen molar-refractivity contribution >= 4 is 5.91 Å². The summed E-state index contributed by atoms with van der Waals surface area (Å²) in [6, 6.07) is 3.67. The first-order chi connectivity index (χ1) is 12.2. The lowest BCUT2D eigenvalue weighted by Crippen LogP contribution is -2.39. The molecule has 1 amide bonds. The monoisotopic (exact) mass is 338 g/mol. The maximum atomic E-state index is 12.5. The minimum atomic E-state index is 0.109. The molecule has 132 valence electrons. The highest BCUT2D eigenvalue weighted by Gasteiger charge is 2.27. The standard InChI is InChI=1S/C20H26N4O/c1-15-12-22-19(24(15)14-17-4-5-17)11-16-6-9-23(10-7-16)20(25)18-3-2-8-21-13-18/h2-3,8,12-13,16-17H,4-7,9-11,14H2,1H3. The van der Waals surface area contributed by atoms with Crippen LogP contribution >= 0.6 is 0 Å². The maximum Gasteiger partial charge on any atom is 0.255 e. The second kappa shape index (κ2) is 6.98. The van der Waals surface area contributed by atoms with E-state index in [0.29, 0.717) is 11.5 Å². The Hall–Kier alpha value is -2.17. The zero-order valence-electron chi connectivity index (χ0n) is 14.9. The molecule has 4 rings (SSSR count). The van der Waals surface area contributed by atoms with Crippen LogP contribution in [0.2, 0.25) is 0 Å². The lowest BCUT2D eigenvalue weighted by atomic mass is 9.93. The summed E-state index contributed by atoms with van der Waals surface area (Å²) in [5.41, 5.74) is 1.97. The number of hydrogen-bond donors (Lipinski definition) is 0. The molecule has 1 aliphatic carbocycles. The minimum Gasteiger partial charge on any atom is -0.339 e. The van der Waals surface area contributed by atoms with Gasteiger partial charge in [0.25, 0.3) is 5.91 Å². The first-order valence-corrected chi connectivity index (χ1v) is 9.41. The van der Waals surface area contributed by atoms with Crippen LogP contribution in [-0.4, -0.2) is 38.4 Å². The zero-order valence-corrected chi connectivity index (χ0v) is 14.9. The molecule has 1 saturated carbocycles. The topological polar surface area (TPSA) is 51.0 Å². The normalized spacial score (nSPS) is 18.5. The number of likely N-dealkylation sites (tertiary alicyclic amines) is 1. The molecule has 1 saturated heterocycles. The second-order valence-corrected chi connectivity index (χ2v) is 7.55. The summed E-state index contributed by atoms with van der Waals surface area (Å²) >= 11 is 0. The molecule has 1 aliphatic heterocycles. The molecule has 0 atom stereocenters. The molecule has 2 aromatic rings. The van der Waals surface area contributed by atoms with Gasteiger partial charge in [-0.2, -0.15) is 0 Å². The van der Waals surface area contributed by atoms with Gasteiger partial charge in [-0.25, -0.2) is 4.98 Å². The van der Waals surface area contributed by atoms with Crippen LogP contribution < -0.4 is 0 Å². The Morgan fingerprint density at radius 3 is 2.64 bits per heavy atom. The van der Waals surface area contributed by atoms with Crippen molar-refractivity contribution in [1.82, 2.24) is 19.4 Å². The third-order valence-electron chi connectivity index (χ3n) is 5.56. The molecule has 0 unspecified atom stereocenters. The SMILES string of the molecule is Cc1cnc(CC2CCN(C(=O)c3cccnc3)CC2)n1CC1CC1. The number of carbonyl (C=O) groups is 1. The second-order valence-electron chi connectivity index (χ2n) is 7.55. The van der Waals surface area contributed by atoms with Gasteiger partial charge in [0.05, 0.1) is 5.56 Å². The van der Waals surface area contributed by atoms with Gasteiger partial charge in [0, 0.05) is 50.3 Å². The predicted octanol–water partition coefficient (Wildman–Crippen LogP) is 3.09. The lowest BCUT2D eigenvalue weighted by molar-refractivity contribution is 0.0689. The number of amides is 1. The summed E-state index contributed by atoms with van der Waals surface area (Å²) in [7, 11) is 0. The van der Waals surface area contributed by atoms with Crippen LogP contribution in [0.4, 0.5) is 0 Å². The molecule has 5 nitrogen and oxygen atoms in total. The highest BCUT2D eigenvalue weighted by Crippen LogP contribution is 2.32. The molecular weight excluding hydrogens is 312 g/mol. The number of aryl methyl sites for hydroxylation is 1. The van der Waals surface area contributed by atoms with Crippen LogP contribution in [0.3, 0.4) is 0 Å². The van der Waals surface area contributed by atoms with Gasteiger partial charge in [-0.1, -0.05) is 0 Å². The predicted molar refractivity (Wildman–Crippen MR) is 96.3 cm³/mol. The average Bonchev–Trinajstić information content (AvgIpc) is 3.42. The van der Waals surface area contributed by atoms with E-state index in [-0.39, 0.29) is 5.91 Å². The van der Waals surface area contributed by atoms with E-state index < -0.39 is 0 Å². The Kier molecular flexibility index (Phi) is 4.55. The molecule has 2 aliphatic rings. The number of carbonyl (C=O) groups excluding carboxylic acids is 1. The van der Waals surface area contributed by atoms with E-state index in [4.69, 9.17) is 0 Å². The average molecular weight is 338 g/mol. The van der Waals surface area contributed by atoms with E-state index in [1.807, 2.05) is 23.2 Å². The summed E-state index contributed by atoms with van der Waals surface area (Å²) < 4.78 is 2.42. The first kappa shape index (κ1) is 16.3. The van der Waals surface area contributed by atoms with Gasteiger partial charge in [-0.05, 0) is 56.6 Å². The van der Waals surface area contributed by atoms with Crippen LogP contribution in [-0.2, 0) is 13.0 Å². The molecule has 0 radical (unpaired) electrons. The first-order valence-electron chi connectivity index (χ1n) is 9.41. The third-order valence-corrected chi connectivity index (χ3v) is 5.56. The van der Waals surface area contributed by atoms with Crippen molar-refractivity contribution in [2.75, 3.05) is 13.1 Å². The van der Waals surface area contributed by atoms with Crippen LogP contribution in [0, 0.1) is 18.8 Å². The Balaban J connectivity index is 1.34. The minimum absolute atomic E-state index is 0.109. The molecule has 2 fully saturated rings. The fourth-order valence-electron chi connectivity index (χ4n) is 3.75. The Labute approximate surface area is 149 Å². The van der Waals surface area contributed by atoms with E-state index in [2.05, 4.69) is 21.5 Å². The summed E-state index contributed by atoms with van der Waals surface area (Å²) in [5.74, 6) is 2.84. The summed E-state index contributed by atoms with van der Waals surface area (Å²) in [6.45, 7) is 4.97. The third kappa shape index (κ3) is 3.75. The number of aromatic nitrogens is 3. The quantitative estimate of drug-likeness (QED) is 0.842. The molecule has 25 heavy (non-hydrogen) atoms. The van der Waals surface area contributed by atoms with E-state index >= 15 is 0 Å². The van der Waals surface area contributed by atoms with E-state index in [1.54, 1.807) is 12.4 Å². The van der Waals surface area contributed by atoms with Gasteiger partial charge >= 0.3 is 0 Å². The largest absolute Gasteiger partial charge is 0.339 e. The molecule has 2 aromatic heterocycles. The molecule has 3 heterocycles. The number of nitrogens with zero attached hydrogens (tertiary/aromatic N) is 4. The van der Waals surface area contributed by atoms with Gasteiger partial charge in [0.15, 0.2) is 0 Å². The molecule has 0 N–H and O–H groups in total. The van der Waals surface area contributed by atoms with Crippen molar-refractivity contribution in [3.8, 4) is 0 Å². The van der Waals surface area contributed by atoms with Crippen LogP contribution in [0.1, 0.15) is 47.6 Å². The van der Waals surface area contributed by atoms with Crippen LogP contribution in [0.15, 0.2) is 30.7 Å². The number of hydrogen-bond acceptors (Lipinski definition) is 3. The van der Waals surface area contributed by atoms with E-state index in [0.717, 1.165) is 44.8 Å². The fourth-order valence-corrected chi connectivity index (χ4v) is 3.75.